The number of aliphatic hydroxyl groups is 1. The zero-order valence-corrected chi connectivity index (χ0v) is 6.45. The van der Waals surface area contributed by atoms with Gasteiger partial charge in [0.15, 0.2) is 0 Å². The van der Waals surface area contributed by atoms with Crippen LogP contribution in [-0.4, -0.2) is 28.0 Å². The molecule has 0 radical (unpaired) electrons. The van der Waals surface area contributed by atoms with Crippen LogP contribution in [-0.2, 0) is 11.2 Å². The molecule has 0 unspecified atom stereocenters. The van der Waals surface area contributed by atoms with Gasteiger partial charge in [0.2, 0.25) is 0 Å². The average molecular weight is 156 g/mol. The van der Waals surface area contributed by atoms with Crippen molar-refractivity contribution in [3.05, 3.63) is 18.2 Å². The molecule has 11 heavy (non-hydrogen) atoms. The van der Waals surface area contributed by atoms with E-state index in [1.165, 1.54) is 0 Å². The van der Waals surface area contributed by atoms with Crippen molar-refractivity contribution in [1.29, 1.82) is 0 Å². The van der Waals surface area contributed by atoms with Crippen molar-refractivity contribution in [1.82, 2.24) is 9.97 Å². The summed E-state index contributed by atoms with van der Waals surface area (Å²) in [5.74, 6) is 0.722. The first-order chi connectivity index (χ1) is 5.35. The van der Waals surface area contributed by atoms with Crippen LogP contribution in [0.2, 0.25) is 0 Å². The van der Waals surface area contributed by atoms with Gasteiger partial charge < -0.3 is 14.9 Å². The standard InChI is InChI=1S/C5H6N2O.C2H6O/c8-4-1-5-6-2-3-7-5;1-2-3/h2-4H,1H2,(H,6,7);3H,2H2,1H3. The SMILES string of the molecule is CCO.O=CCc1ncc[nH]1. The predicted octanol–water partition coefficient (Wildman–Crippen LogP) is 0.150. The molecular formula is C7H12N2O2. The molecule has 0 aliphatic carbocycles. The molecule has 1 aromatic rings. The molecule has 0 amide bonds. The lowest BCUT2D eigenvalue weighted by atomic mass is 10.5. The van der Waals surface area contributed by atoms with Crippen LogP contribution in [0.1, 0.15) is 12.7 Å². The summed E-state index contributed by atoms with van der Waals surface area (Å²) in [7, 11) is 0. The highest BCUT2D eigenvalue weighted by Crippen LogP contribution is 1.84. The maximum absolute atomic E-state index is 9.81. The Morgan fingerprint density at radius 3 is 2.82 bits per heavy atom. The van der Waals surface area contributed by atoms with Gasteiger partial charge in [-0.25, -0.2) is 4.98 Å². The van der Waals surface area contributed by atoms with Crippen molar-refractivity contribution >= 4 is 6.29 Å². The molecule has 0 saturated carbocycles. The number of aldehydes is 1. The highest BCUT2D eigenvalue weighted by Gasteiger charge is 1.87. The Kier molecular flexibility index (Phi) is 6.22. The zero-order chi connectivity index (χ0) is 8.53. The van der Waals surface area contributed by atoms with E-state index in [9.17, 15) is 4.79 Å². The lowest BCUT2D eigenvalue weighted by Gasteiger charge is -1.79. The molecule has 4 heteroatoms. The van der Waals surface area contributed by atoms with Gasteiger partial charge in [0, 0.05) is 19.0 Å². The first-order valence-corrected chi connectivity index (χ1v) is 3.37. The molecule has 0 bridgehead atoms. The number of nitrogens with one attached hydrogen (secondary N) is 1. The summed E-state index contributed by atoms with van der Waals surface area (Å²) < 4.78 is 0. The summed E-state index contributed by atoms with van der Waals surface area (Å²) in [6.07, 6.45) is 4.52. The topological polar surface area (TPSA) is 66.0 Å². The third-order valence-electron chi connectivity index (χ3n) is 0.832. The smallest absolute Gasteiger partial charge is 0.127 e. The van der Waals surface area contributed by atoms with Crippen LogP contribution in [0.4, 0.5) is 0 Å². The number of carbonyl (C=O) groups excluding carboxylic acids is 1. The molecule has 62 valence electrons. The third-order valence-corrected chi connectivity index (χ3v) is 0.832. The number of rotatable bonds is 2. The van der Waals surface area contributed by atoms with Crippen molar-refractivity contribution in [3.63, 3.8) is 0 Å². The lowest BCUT2D eigenvalue weighted by molar-refractivity contribution is -0.107. The first-order valence-electron chi connectivity index (χ1n) is 3.37. The van der Waals surface area contributed by atoms with Crippen molar-refractivity contribution in [3.8, 4) is 0 Å². The van der Waals surface area contributed by atoms with E-state index < -0.39 is 0 Å². The molecule has 0 atom stereocenters. The largest absolute Gasteiger partial charge is 0.397 e. The molecule has 0 saturated heterocycles. The molecule has 0 aliphatic heterocycles. The molecule has 0 spiro atoms. The molecular weight excluding hydrogens is 144 g/mol. The number of imidazole rings is 1. The molecule has 1 heterocycles. The van der Waals surface area contributed by atoms with Crippen LogP contribution in [0.15, 0.2) is 12.4 Å². The Hall–Kier alpha value is -1.16. The average Bonchev–Trinajstić information content (AvgIpc) is 2.42. The Labute approximate surface area is 65.3 Å². The summed E-state index contributed by atoms with van der Waals surface area (Å²) in [6.45, 7) is 1.93. The van der Waals surface area contributed by atoms with Gasteiger partial charge in [-0.15, -0.1) is 0 Å². The summed E-state index contributed by atoms with van der Waals surface area (Å²) in [6, 6.07) is 0. The van der Waals surface area contributed by atoms with E-state index in [1.54, 1.807) is 19.3 Å². The summed E-state index contributed by atoms with van der Waals surface area (Å²) >= 11 is 0. The number of aliphatic hydroxyl groups excluding tert-OH is 1. The second-order valence-corrected chi connectivity index (χ2v) is 1.72. The van der Waals surface area contributed by atoms with Crippen LogP contribution in [0.5, 0.6) is 0 Å². The number of H-pyrrole nitrogens is 1. The van der Waals surface area contributed by atoms with Gasteiger partial charge in [-0.05, 0) is 6.92 Å². The van der Waals surface area contributed by atoms with Gasteiger partial charge in [-0.3, -0.25) is 0 Å². The minimum atomic E-state index is 0.250. The molecule has 0 aromatic carbocycles. The second kappa shape index (κ2) is 6.95. The van der Waals surface area contributed by atoms with E-state index in [4.69, 9.17) is 5.11 Å². The number of aromatic amines is 1. The first kappa shape index (κ1) is 9.84. The molecule has 1 rings (SSSR count). The van der Waals surface area contributed by atoms with Gasteiger partial charge in [0.1, 0.15) is 12.1 Å². The van der Waals surface area contributed by atoms with Gasteiger partial charge in [-0.2, -0.15) is 0 Å². The van der Waals surface area contributed by atoms with Gasteiger partial charge in [0.05, 0.1) is 6.42 Å². The minimum absolute atomic E-state index is 0.250. The monoisotopic (exact) mass is 156 g/mol. The highest BCUT2D eigenvalue weighted by atomic mass is 16.2. The van der Waals surface area contributed by atoms with E-state index in [1.807, 2.05) is 0 Å². The van der Waals surface area contributed by atoms with Crippen LogP contribution < -0.4 is 0 Å². The number of aromatic nitrogens is 2. The van der Waals surface area contributed by atoms with Crippen molar-refractivity contribution in [2.45, 2.75) is 13.3 Å². The molecule has 0 fully saturated rings. The molecule has 0 aliphatic rings. The maximum Gasteiger partial charge on any atom is 0.127 e. The quantitative estimate of drug-likeness (QED) is 0.599. The minimum Gasteiger partial charge on any atom is -0.397 e. The van der Waals surface area contributed by atoms with E-state index >= 15 is 0 Å². The number of carbonyl (C=O) groups is 1. The second-order valence-electron chi connectivity index (χ2n) is 1.72. The third kappa shape index (κ3) is 5.29. The normalized spacial score (nSPS) is 8.18. The molecule has 1 aromatic heterocycles. The van der Waals surface area contributed by atoms with Gasteiger partial charge in [-0.1, -0.05) is 0 Å². The lowest BCUT2D eigenvalue weighted by Crippen LogP contribution is -1.86. The van der Waals surface area contributed by atoms with E-state index in [2.05, 4.69) is 9.97 Å². The number of hydrogen-bond donors (Lipinski definition) is 2. The summed E-state index contributed by atoms with van der Waals surface area (Å²) in [4.78, 5) is 16.4. The van der Waals surface area contributed by atoms with Crippen LogP contribution >= 0.6 is 0 Å². The van der Waals surface area contributed by atoms with Crippen molar-refractivity contribution < 1.29 is 9.90 Å². The van der Waals surface area contributed by atoms with Crippen LogP contribution in [0.25, 0.3) is 0 Å². The Bertz CT molecular complexity index is 173. The fourth-order valence-electron chi connectivity index (χ4n) is 0.489. The molecule has 4 nitrogen and oxygen atoms in total. The van der Waals surface area contributed by atoms with Gasteiger partial charge in [0.25, 0.3) is 0 Å². The van der Waals surface area contributed by atoms with E-state index in [0.29, 0.717) is 6.42 Å². The Balaban J connectivity index is 0.000000292. The number of hydrogen-bond acceptors (Lipinski definition) is 3. The van der Waals surface area contributed by atoms with Crippen LogP contribution in [0.3, 0.4) is 0 Å². The summed E-state index contributed by atoms with van der Waals surface area (Å²) in [5, 5.41) is 7.57. The number of nitrogens with zero attached hydrogens (tertiary/aromatic N) is 1. The molecule has 2 N–H and O–H groups in total. The van der Waals surface area contributed by atoms with E-state index in [0.717, 1.165) is 12.1 Å². The highest BCUT2D eigenvalue weighted by molar-refractivity contribution is 5.52. The maximum atomic E-state index is 9.81. The van der Waals surface area contributed by atoms with Crippen molar-refractivity contribution in [2.24, 2.45) is 0 Å². The zero-order valence-electron chi connectivity index (χ0n) is 6.45. The summed E-state index contributed by atoms with van der Waals surface area (Å²) in [5.41, 5.74) is 0. The fraction of sp³-hybridized carbons (Fsp3) is 0.429. The van der Waals surface area contributed by atoms with Crippen molar-refractivity contribution in [2.75, 3.05) is 6.61 Å². The fourth-order valence-corrected chi connectivity index (χ4v) is 0.489. The Morgan fingerprint density at radius 1 is 1.82 bits per heavy atom. The van der Waals surface area contributed by atoms with Crippen LogP contribution in [0, 0.1) is 0 Å². The Morgan fingerprint density at radius 2 is 2.45 bits per heavy atom. The predicted molar refractivity (Wildman–Crippen MR) is 41.1 cm³/mol. The van der Waals surface area contributed by atoms with Gasteiger partial charge >= 0.3 is 0 Å². The van der Waals surface area contributed by atoms with E-state index in [-0.39, 0.29) is 6.61 Å².